The van der Waals surface area contributed by atoms with E-state index in [4.69, 9.17) is 0 Å². The van der Waals surface area contributed by atoms with Gasteiger partial charge in [-0.25, -0.2) is 0 Å². The van der Waals surface area contributed by atoms with Crippen LogP contribution in [0.1, 0.15) is 91.3 Å². The van der Waals surface area contributed by atoms with E-state index in [1.54, 1.807) is 0 Å². The van der Waals surface area contributed by atoms with E-state index >= 15 is 0 Å². The molecule has 1 aliphatic carbocycles. The van der Waals surface area contributed by atoms with E-state index in [9.17, 15) is 0 Å². The highest BCUT2D eigenvalue weighted by molar-refractivity contribution is 7.00. The molecular formula is C63H60BN3. The lowest BCUT2D eigenvalue weighted by atomic mass is 9.33. The maximum absolute atomic E-state index is 2.76. The van der Waals surface area contributed by atoms with Gasteiger partial charge in [-0.3, -0.25) is 0 Å². The zero-order valence-electron chi connectivity index (χ0n) is 40.4. The maximum Gasteiger partial charge on any atom is 0.252 e. The molecule has 12 rings (SSSR count). The summed E-state index contributed by atoms with van der Waals surface area (Å²) in [6.45, 7) is 19.1. The van der Waals surface area contributed by atoms with Crippen molar-refractivity contribution < 1.29 is 0 Å². The van der Waals surface area contributed by atoms with Crippen LogP contribution in [-0.4, -0.2) is 12.3 Å². The van der Waals surface area contributed by atoms with Gasteiger partial charge >= 0.3 is 0 Å². The van der Waals surface area contributed by atoms with Crippen molar-refractivity contribution in [3.63, 3.8) is 0 Å². The molecule has 4 aliphatic rings. The van der Waals surface area contributed by atoms with Crippen LogP contribution in [0.4, 0.5) is 45.5 Å². The number of rotatable bonds is 5. The highest BCUT2D eigenvalue weighted by atomic mass is 15.3. The largest absolute Gasteiger partial charge is 0.334 e. The van der Waals surface area contributed by atoms with Crippen LogP contribution in [0.3, 0.4) is 0 Å². The summed E-state index contributed by atoms with van der Waals surface area (Å²) >= 11 is 0. The normalized spacial score (nSPS) is 19.2. The molecule has 4 heteroatoms. The second kappa shape index (κ2) is 14.9. The van der Waals surface area contributed by atoms with Crippen molar-refractivity contribution in [3.05, 3.63) is 199 Å². The summed E-state index contributed by atoms with van der Waals surface area (Å²) in [7, 11) is 0. The summed E-state index contributed by atoms with van der Waals surface area (Å²) in [5.41, 5.74) is 22.8. The molecule has 3 aliphatic heterocycles. The molecule has 1 saturated carbocycles. The van der Waals surface area contributed by atoms with E-state index in [1.807, 2.05) is 0 Å². The molecule has 67 heavy (non-hydrogen) atoms. The van der Waals surface area contributed by atoms with Crippen LogP contribution in [0, 0.1) is 0 Å². The van der Waals surface area contributed by atoms with Gasteiger partial charge in [0.2, 0.25) is 0 Å². The minimum Gasteiger partial charge on any atom is -0.334 e. The molecule has 3 nitrogen and oxygen atoms in total. The van der Waals surface area contributed by atoms with Crippen LogP contribution in [-0.2, 0) is 16.2 Å². The van der Waals surface area contributed by atoms with Gasteiger partial charge in [-0.1, -0.05) is 182 Å². The van der Waals surface area contributed by atoms with Gasteiger partial charge in [-0.15, -0.1) is 0 Å². The third-order valence-corrected chi connectivity index (χ3v) is 16.2. The van der Waals surface area contributed by atoms with E-state index in [1.165, 1.54) is 108 Å². The third kappa shape index (κ3) is 6.32. The van der Waals surface area contributed by atoms with E-state index in [2.05, 4.69) is 252 Å². The summed E-state index contributed by atoms with van der Waals surface area (Å²) in [4.78, 5) is 7.99. The van der Waals surface area contributed by atoms with Crippen molar-refractivity contribution in [2.75, 3.05) is 14.7 Å². The monoisotopic (exact) mass is 869 g/mol. The van der Waals surface area contributed by atoms with Gasteiger partial charge in [0.15, 0.2) is 0 Å². The molecule has 0 saturated heterocycles. The average Bonchev–Trinajstić information content (AvgIpc) is 3.74. The number of fused-ring (bicyclic) bond motifs is 7. The van der Waals surface area contributed by atoms with Crippen molar-refractivity contribution in [2.24, 2.45) is 0 Å². The Bertz CT molecular complexity index is 3230. The first-order chi connectivity index (χ1) is 32.2. The standard InChI is InChI=1S/C63H60BN3/c1-60(2,3)46-23-17-24-49(38-46)66-56-39-47(61(4,5)6)30-33-52(56)64-53-37-45(43-21-13-10-14-22-43)29-34-55(53)65(48-31-27-44(28-32-48)42-19-11-9-12-20-42)57-40-50(41-58(66)59(57)64)67-54-26-16-15-25-51(54)62(7)35-18-36-63(62,67)8/h9-17,19-34,37-41H,18,35-36H2,1-8H3. The Hall–Kier alpha value is -6.78. The van der Waals surface area contributed by atoms with Gasteiger partial charge in [0.25, 0.3) is 6.71 Å². The van der Waals surface area contributed by atoms with Gasteiger partial charge in [0, 0.05) is 50.9 Å². The van der Waals surface area contributed by atoms with Crippen LogP contribution < -0.4 is 31.1 Å². The minimum atomic E-state index is -0.0979. The van der Waals surface area contributed by atoms with Crippen molar-refractivity contribution in [2.45, 2.75) is 96.4 Å². The van der Waals surface area contributed by atoms with E-state index in [-0.39, 0.29) is 28.5 Å². The molecule has 8 aromatic carbocycles. The molecule has 0 N–H and O–H groups in total. The zero-order valence-corrected chi connectivity index (χ0v) is 40.4. The van der Waals surface area contributed by atoms with Crippen molar-refractivity contribution in [3.8, 4) is 22.3 Å². The predicted molar refractivity (Wildman–Crippen MR) is 287 cm³/mol. The quantitative estimate of drug-likeness (QED) is 0.160. The topological polar surface area (TPSA) is 9.72 Å². The van der Waals surface area contributed by atoms with Crippen LogP contribution >= 0.6 is 0 Å². The summed E-state index contributed by atoms with van der Waals surface area (Å²) in [6.07, 6.45) is 3.53. The third-order valence-electron chi connectivity index (χ3n) is 16.2. The molecule has 0 bridgehead atoms. The Balaban J connectivity index is 1.20. The van der Waals surface area contributed by atoms with E-state index in [0.29, 0.717) is 0 Å². The van der Waals surface area contributed by atoms with Gasteiger partial charge in [0.1, 0.15) is 0 Å². The molecule has 0 amide bonds. The lowest BCUT2D eigenvalue weighted by Crippen LogP contribution is -2.61. The molecule has 2 atom stereocenters. The maximum atomic E-state index is 2.76. The Kier molecular flexibility index (Phi) is 9.24. The first-order valence-corrected chi connectivity index (χ1v) is 24.5. The summed E-state index contributed by atoms with van der Waals surface area (Å²) in [5.74, 6) is 0. The Labute approximate surface area is 398 Å². The molecule has 0 spiro atoms. The predicted octanol–water partition coefficient (Wildman–Crippen LogP) is 15.1. The minimum absolute atomic E-state index is 0.0122. The highest BCUT2D eigenvalue weighted by Gasteiger charge is 2.59. The smallest absolute Gasteiger partial charge is 0.252 e. The fourth-order valence-corrected chi connectivity index (χ4v) is 12.4. The number of anilines is 8. The summed E-state index contributed by atoms with van der Waals surface area (Å²) in [6, 6.07) is 69.4. The van der Waals surface area contributed by atoms with Gasteiger partial charge in [-0.2, -0.15) is 0 Å². The summed E-state index contributed by atoms with van der Waals surface area (Å²) < 4.78 is 0. The molecule has 0 radical (unpaired) electrons. The molecule has 2 unspecified atom stereocenters. The first-order valence-electron chi connectivity index (χ1n) is 24.5. The molecule has 330 valence electrons. The lowest BCUT2D eigenvalue weighted by molar-refractivity contribution is 0.330. The van der Waals surface area contributed by atoms with Gasteiger partial charge in [0.05, 0.1) is 5.54 Å². The number of hydrogen-bond acceptors (Lipinski definition) is 3. The van der Waals surface area contributed by atoms with Crippen LogP contribution in [0.25, 0.3) is 22.3 Å². The highest BCUT2D eigenvalue weighted by Crippen LogP contribution is 2.63. The fourth-order valence-electron chi connectivity index (χ4n) is 12.4. The molecule has 1 fully saturated rings. The second-order valence-corrected chi connectivity index (χ2v) is 22.2. The second-order valence-electron chi connectivity index (χ2n) is 22.2. The number of para-hydroxylation sites is 1. The molecule has 3 heterocycles. The van der Waals surface area contributed by atoms with Crippen molar-refractivity contribution in [1.29, 1.82) is 0 Å². The van der Waals surface area contributed by atoms with Crippen molar-refractivity contribution >= 4 is 68.6 Å². The number of nitrogens with zero attached hydrogens (tertiary/aromatic N) is 3. The number of hydrogen-bond donors (Lipinski definition) is 0. The van der Waals surface area contributed by atoms with Crippen LogP contribution in [0.2, 0.25) is 0 Å². The van der Waals surface area contributed by atoms with E-state index < -0.39 is 0 Å². The SMILES string of the molecule is CC(C)(C)c1cccc(N2c3cc(C(C)(C)C)ccc3B3c4cc(-c5ccccc5)ccc4N(c4ccc(-c5ccccc5)cc4)c4cc(N5c6ccccc6C6(C)CCCC56C)cc2c43)c1. The lowest BCUT2D eigenvalue weighted by Gasteiger charge is -2.47. The fraction of sp³-hybridized carbons (Fsp3) is 0.238. The van der Waals surface area contributed by atoms with Gasteiger partial charge < -0.3 is 14.7 Å². The van der Waals surface area contributed by atoms with E-state index in [0.717, 1.165) is 12.1 Å². The van der Waals surface area contributed by atoms with Crippen LogP contribution in [0.5, 0.6) is 0 Å². The molecule has 0 aromatic heterocycles. The zero-order chi connectivity index (χ0) is 46.0. The van der Waals surface area contributed by atoms with Crippen molar-refractivity contribution in [1.82, 2.24) is 0 Å². The Morgan fingerprint density at radius 3 is 1.70 bits per heavy atom. The molecular weight excluding hydrogens is 810 g/mol. The number of benzene rings is 8. The average molecular weight is 870 g/mol. The summed E-state index contributed by atoms with van der Waals surface area (Å²) in [5, 5.41) is 0. The molecule has 8 aromatic rings. The first kappa shape index (κ1) is 41.6. The van der Waals surface area contributed by atoms with Crippen LogP contribution in [0.15, 0.2) is 182 Å². The van der Waals surface area contributed by atoms with Gasteiger partial charge in [-0.05, 0) is 141 Å². The Morgan fingerprint density at radius 2 is 1.01 bits per heavy atom. The Morgan fingerprint density at radius 1 is 0.418 bits per heavy atom.